The Labute approximate surface area is 237 Å². The van der Waals surface area contributed by atoms with Crippen molar-refractivity contribution in [2.75, 3.05) is 37.4 Å². The molecule has 212 valence electrons. The summed E-state index contributed by atoms with van der Waals surface area (Å²) in [5.74, 6) is 0.119. The molecule has 0 spiro atoms. The first-order valence-electron chi connectivity index (χ1n) is 13.6. The Kier molecular flexibility index (Phi) is 6.82. The van der Waals surface area contributed by atoms with Gasteiger partial charge < -0.3 is 25.2 Å². The summed E-state index contributed by atoms with van der Waals surface area (Å²) in [6, 6.07) is 10.6. The fraction of sp³-hybridized carbons (Fsp3) is 0.333. The molecule has 0 atom stereocenters. The number of anilines is 3. The van der Waals surface area contributed by atoms with Crippen molar-refractivity contribution in [2.45, 2.75) is 38.5 Å². The minimum absolute atomic E-state index is 0.164. The quantitative estimate of drug-likeness (QED) is 0.312. The average Bonchev–Trinajstić information content (AvgIpc) is 3.53. The summed E-state index contributed by atoms with van der Waals surface area (Å²) in [5.41, 5.74) is 5.73. The van der Waals surface area contributed by atoms with Gasteiger partial charge >= 0.3 is 0 Å². The number of fused-ring (bicyclic) bond motifs is 2. The summed E-state index contributed by atoms with van der Waals surface area (Å²) in [6.07, 6.45) is 4.82. The van der Waals surface area contributed by atoms with Crippen LogP contribution in [0.5, 0.6) is 0 Å². The highest BCUT2D eigenvalue weighted by Gasteiger charge is 2.33. The van der Waals surface area contributed by atoms with E-state index >= 15 is 0 Å². The number of nitrogens with one attached hydrogen (secondary N) is 2. The zero-order valence-corrected chi connectivity index (χ0v) is 23.3. The van der Waals surface area contributed by atoms with Crippen LogP contribution >= 0.6 is 0 Å². The highest BCUT2D eigenvalue weighted by molar-refractivity contribution is 6.06. The number of imidazole rings is 1. The normalized spacial score (nSPS) is 16.1. The second-order valence-electron chi connectivity index (χ2n) is 11.1. The van der Waals surface area contributed by atoms with Gasteiger partial charge in [-0.25, -0.2) is 14.4 Å². The van der Waals surface area contributed by atoms with Crippen LogP contribution in [0.25, 0.3) is 16.9 Å². The lowest BCUT2D eigenvalue weighted by molar-refractivity contribution is -0.143. The van der Waals surface area contributed by atoms with Crippen molar-refractivity contribution in [1.82, 2.24) is 24.6 Å². The number of benzene rings is 1. The highest BCUT2D eigenvalue weighted by atomic mass is 19.1. The molecular weight excluding hydrogens is 525 g/mol. The fourth-order valence-corrected chi connectivity index (χ4v) is 5.71. The van der Waals surface area contributed by atoms with Crippen molar-refractivity contribution < 1.29 is 18.7 Å². The summed E-state index contributed by atoms with van der Waals surface area (Å²) < 4.78 is 20.9. The van der Waals surface area contributed by atoms with E-state index in [-0.39, 0.29) is 11.7 Å². The molecule has 0 unspecified atom stereocenters. The van der Waals surface area contributed by atoms with Crippen LogP contribution in [0.3, 0.4) is 0 Å². The van der Waals surface area contributed by atoms with E-state index in [0.29, 0.717) is 42.3 Å². The summed E-state index contributed by atoms with van der Waals surface area (Å²) in [7, 11) is 4.00. The maximum Gasteiger partial charge on any atom is 0.293 e. The van der Waals surface area contributed by atoms with Crippen LogP contribution in [0.4, 0.5) is 21.6 Å². The topological polar surface area (TPSA) is 104 Å². The molecule has 0 radical (unpaired) electrons. The molecule has 5 heterocycles. The van der Waals surface area contributed by atoms with Crippen molar-refractivity contribution in [3.8, 4) is 11.3 Å². The number of amides is 1. The number of rotatable bonds is 8. The summed E-state index contributed by atoms with van der Waals surface area (Å²) in [5, 5.41) is 6.33. The van der Waals surface area contributed by atoms with Crippen molar-refractivity contribution in [3.05, 3.63) is 71.4 Å². The molecule has 1 saturated heterocycles. The monoisotopic (exact) mass is 557 g/mol. The molecule has 0 saturated carbocycles. The van der Waals surface area contributed by atoms with Crippen LogP contribution in [0, 0.1) is 5.82 Å². The second-order valence-corrected chi connectivity index (χ2v) is 11.1. The number of ether oxygens (including phenoxy) is 1. The zero-order chi connectivity index (χ0) is 28.7. The van der Waals surface area contributed by atoms with Gasteiger partial charge in [0, 0.05) is 56.8 Å². The van der Waals surface area contributed by atoms with Gasteiger partial charge in [0.15, 0.2) is 0 Å². The van der Waals surface area contributed by atoms with Gasteiger partial charge in [-0.15, -0.1) is 0 Å². The number of pyridine rings is 2. The number of piperidine rings is 1. The first-order chi connectivity index (χ1) is 19.7. The molecule has 10 nitrogen and oxygen atoms in total. The Morgan fingerprint density at radius 2 is 2.00 bits per heavy atom. The molecule has 6 rings (SSSR count). The molecule has 41 heavy (non-hydrogen) atoms. The zero-order valence-electron chi connectivity index (χ0n) is 23.3. The van der Waals surface area contributed by atoms with Gasteiger partial charge in [0.2, 0.25) is 0 Å². The molecule has 11 heteroatoms. The Hall–Kier alpha value is -4.51. The van der Waals surface area contributed by atoms with Gasteiger partial charge in [-0.2, -0.15) is 0 Å². The number of carbonyl (C=O) groups is 2. The Morgan fingerprint density at radius 1 is 1.20 bits per heavy atom. The van der Waals surface area contributed by atoms with Crippen LogP contribution in [-0.4, -0.2) is 64.4 Å². The van der Waals surface area contributed by atoms with E-state index in [2.05, 4.69) is 31.5 Å². The molecule has 2 aliphatic rings. The van der Waals surface area contributed by atoms with Gasteiger partial charge in [-0.05, 0) is 50.8 Å². The third-order valence-corrected chi connectivity index (χ3v) is 7.89. The standard InChI is InChI=1S/C30H32FN7O3/c1-30(41-18-39)9-12-37(13-10-30)24-6-7-26(35-23(24)17-36(2)3)34-22-5-4-20(21-15-33-29(40)28(21)22)25-16-32-27-14-19(31)8-11-38(25)27/h4-8,11,14,16,18H,9-10,12-13,15,17H2,1-3H3,(H,33,40)(H,34,35). The van der Waals surface area contributed by atoms with Gasteiger partial charge in [0.1, 0.15) is 22.9 Å². The number of halogens is 1. The lowest BCUT2D eigenvalue weighted by Gasteiger charge is -2.39. The lowest BCUT2D eigenvalue weighted by Crippen LogP contribution is -2.44. The maximum absolute atomic E-state index is 13.7. The van der Waals surface area contributed by atoms with E-state index in [1.807, 2.05) is 43.6 Å². The smallest absolute Gasteiger partial charge is 0.293 e. The number of hydrogen-bond acceptors (Lipinski definition) is 8. The third-order valence-electron chi connectivity index (χ3n) is 7.89. The fourth-order valence-electron chi connectivity index (χ4n) is 5.71. The average molecular weight is 558 g/mol. The highest BCUT2D eigenvalue weighted by Crippen LogP contribution is 2.36. The van der Waals surface area contributed by atoms with Crippen molar-refractivity contribution in [2.24, 2.45) is 0 Å². The minimum atomic E-state index is -0.443. The Morgan fingerprint density at radius 3 is 2.76 bits per heavy atom. The lowest BCUT2D eigenvalue weighted by atomic mass is 9.93. The van der Waals surface area contributed by atoms with Gasteiger partial charge in [0.05, 0.1) is 34.5 Å². The summed E-state index contributed by atoms with van der Waals surface area (Å²) >= 11 is 0. The molecule has 1 amide bonds. The van der Waals surface area contributed by atoms with Gasteiger partial charge in [-0.1, -0.05) is 6.07 Å². The van der Waals surface area contributed by atoms with Crippen molar-refractivity contribution >= 4 is 35.2 Å². The molecule has 1 aromatic carbocycles. The van der Waals surface area contributed by atoms with Crippen molar-refractivity contribution in [1.29, 1.82) is 0 Å². The molecule has 3 aromatic heterocycles. The predicted octanol–water partition coefficient (Wildman–Crippen LogP) is 4.12. The number of carbonyl (C=O) groups excluding carboxylic acids is 2. The predicted molar refractivity (Wildman–Crippen MR) is 154 cm³/mol. The molecule has 2 aliphatic heterocycles. The van der Waals surface area contributed by atoms with Crippen molar-refractivity contribution in [3.63, 3.8) is 0 Å². The number of hydrogen-bond donors (Lipinski definition) is 2. The van der Waals surface area contributed by atoms with E-state index in [9.17, 15) is 14.0 Å². The first-order valence-corrected chi connectivity index (χ1v) is 13.6. The van der Waals surface area contributed by atoms with E-state index in [1.54, 1.807) is 12.4 Å². The van der Waals surface area contributed by atoms with Gasteiger partial charge in [0.25, 0.3) is 12.4 Å². The van der Waals surface area contributed by atoms with Crippen LogP contribution in [-0.2, 0) is 22.6 Å². The Bertz CT molecular complexity index is 1640. The third kappa shape index (κ3) is 5.08. The van der Waals surface area contributed by atoms with E-state index < -0.39 is 5.60 Å². The molecule has 0 aliphatic carbocycles. The van der Waals surface area contributed by atoms with Crippen LogP contribution in [0.1, 0.15) is 41.4 Å². The number of nitrogens with zero attached hydrogens (tertiary/aromatic N) is 5. The molecule has 0 bridgehead atoms. The second kappa shape index (κ2) is 10.5. The van der Waals surface area contributed by atoms with Crippen LogP contribution in [0.2, 0.25) is 0 Å². The van der Waals surface area contributed by atoms with Crippen LogP contribution in [0.15, 0.2) is 48.8 Å². The summed E-state index contributed by atoms with van der Waals surface area (Å²) in [4.78, 5) is 37.6. The van der Waals surface area contributed by atoms with Crippen LogP contribution < -0.4 is 15.5 Å². The van der Waals surface area contributed by atoms with E-state index in [1.165, 1.54) is 12.1 Å². The van der Waals surface area contributed by atoms with Gasteiger partial charge in [-0.3, -0.25) is 14.0 Å². The minimum Gasteiger partial charge on any atom is -0.461 e. The van der Waals surface area contributed by atoms with E-state index in [4.69, 9.17) is 9.72 Å². The van der Waals surface area contributed by atoms with E-state index in [0.717, 1.165) is 54.1 Å². The number of aromatic nitrogens is 3. The Balaban J connectivity index is 1.31. The first kappa shape index (κ1) is 26.7. The molecule has 2 N–H and O–H groups in total. The maximum atomic E-state index is 13.7. The SMILES string of the molecule is CN(C)Cc1nc(Nc2ccc(-c3cnc4cc(F)ccn34)c3c2C(=O)NC3)ccc1N1CCC(C)(OC=O)CC1. The largest absolute Gasteiger partial charge is 0.461 e. The summed E-state index contributed by atoms with van der Waals surface area (Å²) in [6.45, 7) is 5.04. The molecular formula is C30H32FN7O3. The molecule has 4 aromatic rings. The molecule has 1 fully saturated rings.